The number of alkyl halides is 3. The van der Waals surface area contributed by atoms with E-state index in [1.807, 2.05) is 0 Å². The number of halogens is 3. The van der Waals surface area contributed by atoms with Gasteiger partial charge in [-0.1, -0.05) is 13.0 Å². The molecule has 0 aliphatic heterocycles. The van der Waals surface area contributed by atoms with Gasteiger partial charge in [0.05, 0.1) is 7.11 Å². The number of methoxy groups -OCH3 is 1. The predicted octanol–water partition coefficient (Wildman–Crippen LogP) is 1.03. The Bertz CT molecular complexity index is 288. The summed E-state index contributed by atoms with van der Waals surface area (Å²) in [7, 11) is 1.02. The third-order valence-corrected chi connectivity index (χ3v) is 1.90. The third-order valence-electron chi connectivity index (χ3n) is 1.90. The Morgan fingerprint density at radius 1 is 1.44 bits per heavy atom. The zero-order chi connectivity index (χ0) is 12.9. The van der Waals surface area contributed by atoms with Crippen molar-refractivity contribution >= 4 is 11.9 Å². The van der Waals surface area contributed by atoms with Gasteiger partial charge in [-0.25, -0.2) is 4.79 Å². The lowest BCUT2D eigenvalue weighted by atomic mass is 10.0. The van der Waals surface area contributed by atoms with E-state index in [4.69, 9.17) is 0 Å². The summed E-state index contributed by atoms with van der Waals surface area (Å²) in [6, 6.07) is -1.39. The number of amides is 1. The quantitative estimate of drug-likeness (QED) is 0.588. The molecule has 0 spiro atoms. The second-order valence-corrected chi connectivity index (χ2v) is 3.07. The highest BCUT2D eigenvalue weighted by atomic mass is 19.4. The van der Waals surface area contributed by atoms with Crippen molar-refractivity contribution in [3.8, 4) is 0 Å². The minimum atomic E-state index is -5.03. The number of hydrogen-bond acceptors (Lipinski definition) is 3. The number of nitrogens with one attached hydrogen (secondary N) is 1. The van der Waals surface area contributed by atoms with Gasteiger partial charge in [0, 0.05) is 5.92 Å². The maximum absolute atomic E-state index is 12.0. The van der Waals surface area contributed by atoms with Gasteiger partial charge >= 0.3 is 18.1 Å². The number of ether oxygens (including phenoxy) is 1. The zero-order valence-electron chi connectivity index (χ0n) is 8.80. The van der Waals surface area contributed by atoms with Gasteiger partial charge in [-0.15, -0.1) is 6.58 Å². The predicted molar refractivity (Wildman–Crippen MR) is 49.4 cm³/mol. The molecule has 0 bridgehead atoms. The molecular weight excluding hydrogens is 227 g/mol. The molecule has 0 aromatic rings. The number of hydrogen-bond donors (Lipinski definition) is 1. The van der Waals surface area contributed by atoms with Crippen LogP contribution in [0.1, 0.15) is 6.92 Å². The molecule has 16 heavy (non-hydrogen) atoms. The van der Waals surface area contributed by atoms with Gasteiger partial charge in [-0.3, -0.25) is 4.79 Å². The molecular formula is C9H12F3NO3. The second kappa shape index (κ2) is 5.53. The minimum Gasteiger partial charge on any atom is -0.467 e. The average Bonchev–Trinajstić information content (AvgIpc) is 2.21. The fourth-order valence-electron chi connectivity index (χ4n) is 0.891. The van der Waals surface area contributed by atoms with E-state index in [1.165, 1.54) is 13.0 Å². The highest BCUT2D eigenvalue weighted by Crippen LogP contribution is 2.16. The van der Waals surface area contributed by atoms with Gasteiger partial charge in [-0.2, -0.15) is 13.2 Å². The Labute approximate surface area is 90.5 Å². The molecule has 1 N–H and O–H groups in total. The minimum absolute atomic E-state index is 0.668. The van der Waals surface area contributed by atoms with Gasteiger partial charge in [-0.05, 0) is 0 Å². The van der Waals surface area contributed by atoms with Crippen molar-refractivity contribution in [2.24, 2.45) is 5.92 Å². The maximum Gasteiger partial charge on any atom is 0.471 e. The van der Waals surface area contributed by atoms with Crippen LogP contribution in [0.2, 0.25) is 0 Å². The fourth-order valence-corrected chi connectivity index (χ4v) is 0.891. The van der Waals surface area contributed by atoms with Crippen molar-refractivity contribution in [3.63, 3.8) is 0 Å². The van der Waals surface area contributed by atoms with E-state index in [-0.39, 0.29) is 0 Å². The van der Waals surface area contributed by atoms with Crippen LogP contribution in [0.4, 0.5) is 13.2 Å². The van der Waals surface area contributed by atoms with Crippen molar-refractivity contribution in [1.29, 1.82) is 0 Å². The van der Waals surface area contributed by atoms with Gasteiger partial charge in [0.1, 0.15) is 6.04 Å². The van der Waals surface area contributed by atoms with Crippen LogP contribution in [0, 0.1) is 5.92 Å². The summed E-state index contributed by atoms with van der Waals surface area (Å²) < 4.78 is 40.1. The molecule has 1 amide bonds. The summed E-state index contributed by atoms with van der Waals surface area (Å²) >= 11 is 0. The molecule has 0 radical (unpaired) electrons. The normalized spacial score (nSPS) is 14.8. The molecule has 0 aliphatic carbocycles. The van der Waals surface area contributed by atoms with Crippen LogP contribution < -0.4 is 5.32 Å². The van der Waals surface area contributed by atoms with Crippen molar-refractivity contribution in [2.75, 3.05) is 7.11 Å². The van der Waals surface area contributed by atoms with E-state index in [0.29, 0.717) is 0 Å². The smallest absolute Gasteiger partial charge is 0.467 e. The standard InChI is InChI=1S/C9H12F3NO3/c1-4-5(2)6(7(14)16-3)13-8(15)9(10,11)12/h4-6H,1H2,2-3H3,(H,13,15)/t5-,6+/m0/s1. The SMILES string of the molecule is C=C[C@H](C)[C@@H](NC(=O)C(F)(F)F)C(=O)OC. The average molecular weight is 239 g/mol. The lowest BCUT2D eigenvalue weighted by molar-refractivity contribution is -0.176. The largest absolute Gasteiger partial charge is 0.471 e. The molecule has 0 heterocycles. The maximum atomic E-state index is 12.0. The van der Waals surface area contributed by atoms with E-state index in [0.717, 1.165) is 7.11 Å². The molecule has 0 aromatic carbocycles. The van der Waals surface area contributed by atoms with Crippen LogP contribution in [0.25, 0.3) is 0 Å². The van der Waals surface area contributed by atoms with Crippen LogP contribution in [0.5, 0.6) is 0 Å². The van der Waals surface area contributed by atoms with Crippen LogP contribution in [-0.4, -0.2) is 31.2 Å². The van der Waals surface area contributed by atoms with Crippen molar-refractivity contribution in [2.45, 2.75) is 19.1 Å². The highest BCUT2D eigenvalue weighted by molar-refractivity contribution is 5.87. The molecule has 4 nitrogen and oxygen atoms in total. The van der Waals surface area contributed by atoms with E-state index in [2.05, 4.69) is 11.3 Å². The molecule has 2 atom stereocenters. The van der Waals surface area contributed by atoms with Gasteiger partial charge in [0.25, 0.3) is 0 Å². The summed E-state index contributed by atoms with van der Waals surface area (Å²) in [6.07, 6.45) is -3.79. The zero-order valence-corrected chi connectivity index (χ0v) is 8.80. The summed E-state index contributed by atoms with van der Waals surface area (Å²) in [5, 5.41) is 1.55. The number of carbonyl (C=O) groups is 2. The Hall–Kier alpha value is -1.53. The summed E-state index contributed by atoms with van der Waals surface area (Å²) in [5.41, 5.74) is 0. The third kappa shape index (κ3) is 3.92. The summed E-state index contributed by atoms with van der Waals surface area (Å²) in [6.45, 7) is 4.76. The molecule has 92 valence electrons. The Kier molecular flexibility index (Phi) is 5.00. The first-order valence-corrected chi connectivity index (χ1v) is 4.32. The Morgan fingerprint density at radius 2 is 1.94 bits per heavy atom. The number of carbonyl (C=O) groups excluding carboxylic acids is 2. The van der Waals surface area contributed by atoms with E-state index < -0.39 is 30.0 Å². The van der Waals surface area contributed by atoms with Gasteiger partial charge in [0.2, 0.25) is 0 Å². The number of rotatable bonds is 4. The van der Waals surface area contributed by atoms with E-state index in [1.54, 1.807) is 5.32 Å². The van der Waals surface area contributed by atoms with Crippen molar-refractivity contribution in [3.05, 3.63) is 12.7 Å². The molecule has 0 fully saturated rings. The molecule has 7 heteroatoms. The molecule has 0 saturated heterocycles. The van der Waals surface area contributed by atoms with Crippen LogP contribution in [0.15, 0.2) is 12.7 Å². The van der Waals surface area contributed by atoms with E-state index in [9.17, 15) is 22.8 Å². The second-order valence-electron chi connectivity index (χ2n) is 3.07. The monoisotopic (exact) mass is 239 g/mol. The number of esters is 1. The van der Waals surface area contributed by atoms with Crippen LogP contribution in [0.3, 0.4) is 0 Å². The van der Waals surface area contributed by atoms with E-state index >= 15 is 0 Å². The first kappa shape index (κ1) is 14.5. The summed E-state index contributed by atoms with van der Waals surface area (Å²) in [4.78, 5) is 21.8. The molecule has 0 aromatic heterocycles. The Morgan fingerprint density at radius 3 is 2.25 bits per heavy atom. The lowest BCUT2D eigenvalue weighted by Crippen LogP contribution is -2.49. The molecule has 0 saturated carbocycles. The van der Waals surface area contributed by atoms with Crippen LogP contribution in [-0.2, 0) is 14.3 Å². The fraction of sp³-hybridized carbons (Fsp3) is 0.556. The highest BCUT2D eigenvalue weighted by Gasteiger charge is 2.41. The van der Waals surface area contributed by atoms with Gasteiger partial charge < -0.3 is 10.1 Å². The first-order chi connectivity index (χ1) is 7.23. The van der Waals surface area contributed by atoms with Gasteiger partial charge in [0.15, 0.2) is 0 Å². The topological polar surface area (TPSA) is 55.4 Å². The molecule has 0 aliphatic rings. The molecule has 0 rings (SSSR count). The first-order valence-electron chi connectivity index (χ1n) is 4.32. The lowest BCUT2D eigenvalue weighted by Gasteiger charge is -2.20. The van der Waals surface area contributed by atoms with Crippen molar-refractivity contribution in [1.82, 2.24) is 5.32 Å². The van der Waals surface area contributed by atoms with Crippen LogP contribution >= 0.6 is 0 Å². The molecule has 0 unspecified atom stereocenters. The summed E-state index contributed by atoms with van der Waals surface area (Å²) in [5.74, 6) is -3.81. The van der Waals surface area contributed by atoms with Crippen molar-refractivity contribution < 1.29 is 27.5 Å². The Balaban J connectivity index is 4.75.